The zero-order valence-corrected chi connectivity index (χ0v) is 14.2. The van der Waals surface area contributed by atoms with Gasteiger partial charge in [0.05, 0.1) is 13.4 Å². The Morgan fingerprint density at radius 2 is 2.23 bits per heavy atom. The first-order valence-corrected chi connectivity index (χ1v) is 7.96. The normalized spacial score (nSPS) is 11.6. The summed E-state index contributed by atoms with van der Waals surface area (Å²) in [6.07, 6.45) is 2.18. The van der Waals surface area contributed by atoms with Crippen LogP contribution < -0.4 is 20.5 Å². The summed E-state index contributed by atoms with van der Waals surface area (Å²) in [6.45, 7) is 0.700. The number of anilines is 1. The second kappa shape index (κ2) is 8.30. The van der Waals surface area contributed by atoms with Crippen LogP contribution in [0, 0.1) is 0 Å². The minimum atomic E-state index is 0.0855. The second-order valence-corrected chi connectivity index (χ2v) is 5.47. The second-order valence-electron chi connectivity index (χ2n) is 5.47. The molecule has 0 amide bonds. The third kappa shape index (κ3) is 4.28. The van der Waals surface area contributed by atoms with E-state index in [2.05, 4.69) is 15.3 Å². The van der Waals surface area contributed by atoms with Gasteiger partial charge in [0.15, 0.2) is 5.58 Å². The van der Waals surface area contributed by atoms with E-state index in [1.807, 2.05) is 6.07 Å². The lowest BCUT2D eigenvalue weighted by Gasteiger charge is -2.06. The van der Waals surface area contributed by atoms with Gasteiger partial charge >= 0.3 is 0 Å². The van der Waals surface area contributed by atoms with Crippen LogP contribution in [0.25, 0.3) is 11.1 Å². The number of hydrogen-bond acceptors (Lipinski definition) is 7. The third-order valence-electron chi connectivity index (χ3n) is 3.65. The SMILES string of the molecule is COc1ccc(CNc2nc3ccc(OC/C(=C\F)CN)cc3o2)cn1. The monoisotopic (exact) mass is 358 g/mol. The van der Waals surface area contributed by atoms with Crippen LogP contribution in [0.1, 0.15) is 5.56 Å². The van der Waals surface area contributed by atoms with Gasteiger partial charge in [0.2, 0.25) is 5.88 Å². The van der Waals surface area contributed by atoms with Crippen LogP contribution in [0.5, 0.6) is 11.6 Å². The molecular formula is C18H19FN4O3. The zero-order chi connectivity index (χ0) is 18.4. The highest BCUT2D eigenvalue weighted by molar-refractivity contribution is 5.76. The van der Waals surface area contributed by atoms with Gasteiger partial charge in [0.1, 0.15) is 17.9 Å². The Bertz CT molecular complexity index is 893. The maximum absolute atomic E-state index is 12.5. The average Bonchev–Trinajstić information content (AvgIpc) is 3.09. The van der Waals surface area contributed by atoms with Crippen LogP contribution in [0.3, 0.4) is 0 Å². The Kier molecular flexibility index (Phi) is 5.65. The molecule has 3 N–H and O–H groups in total. The summed E-state index contributed by atoms with van der Waals surface area (Å²) in [5.41, 5.74) is 7.99. The molecule has 7 nitrogen and oxygen atoms in total. The molecule has 0 aliphatic heterocycles. The smallest absolute Gasteiger partial charge is 0.295 e. The average molecular weight is 358 g/mol. The van der Waals surface area contributed by atoms with E-state index in [-0.39, 0.29) is 13.2 Å². The molecule has 0 unspecified atom stereocenters. The van der Waals surface area contributed by atoms with E-state index >= 15 is 0 Å². The van der Waals surface area contributed by atoms with Gasteiger partial charge in [0, 0.05) is 37.0 Å². The quantitative estimate of drug-likeness (QED) is 0.639. The number of nitrogens with two attached hydrogens (primary N) is 1. The highest BCUT2D eigenvalue weighted by atomic mass is 19.1. The first kappa shape index (κ1) is 17.7. The number of halogens is 1. The van der Waals surface area contributed by atoms with Crippen molar-refractivity contribution in [2.75, 3.05) is 25.6 Å². The third-order valence-corrected chi connectivity index (χ3v) is 3.65. The number of nitrogens with one attached hydrogen (secondary N) is 1. The Morgan fingerprint density at radius 3 is 2.92 bits per heavy atom. The Labute approximate surface area is 149 Å². The largest absolute Gasteiger partial charge is 0.489 e. The number of rotatable bonds is 8. The minimum Gasteiger partial charge on any atom is -0.489 e. The molecule has 26 heavy (non-hydrogen) atoms. The number of hydrogen-bond donors (Lipinski definition) is 2. The molecule has 1 aromatic carbocycles. The molecule has 0 aliphatic carbocycles. The van der Waals surface area contributed by atoms with Gasteiger partial charge in [-0.3, -0.25) is 0 Å². The van der Waals surface area contributed by atoms with Gasteiger partial charge < -0.3 is 24.9 Å². The topological polar surface area (TPSA) is 95.4 Å². The van der Waals surface area contributed by atoms with Gasteiger partial charge in [-0.15, -0.1) is 0 Å². The van der Waals surface area contributed by atoms with Gasteiger partial charge in [-0.25, -0.2) is 9.37 Å². The van der Waals surface area contributed by atoms with Crippen molar-refractivity contribution >= 4 is 17.1 Å². The van der Waals surface area contributed by atoms with Crippen LogP contribution in [-0.4, -0.2) is 30.2 Å². The predicted molar refractivity (Wildman–Crippen MR) is 95.9 cm³/mol. The molecule has 2 aromatic heterocycles. The highest BCUT2D eigenvalue weighted by Crippen LogP contribution is 2.24. The van der Waals surface area contributed by atoms with Crippen LogP contribution in [0.2, 0.25) is 0 Å². The Morgan fingerprint density at radius 1 is 1.35 bits per heavy atom. The molecule has 136 valence electrons. The molecular weight excluding hydrogens is 339 g/mol. The molecule has 0 spiro atoms. The van der Waals surface area contributed by atoms with Crippen molar-refractivity contribution in [2.45, 2.75) is 6.54 Å². The lowest BCUT2D eigenvalue weighted by Crippen LogP contribution is -2.10. The molecule has 0 fully saturated rings. The molecule has 0 saturated heterocycles. The van der Waals surface area contributed by atoms with E-state index in [1.165, 1.54) is 0 Å². The summed E-state index contributed by atoms with van der Waals surface area (Å²) in [5, 5.41) is 3.10. The number of oxazole rings is 1. The Balaban J connectivity index is 1.64. The van der Waals surface area contributed by atoms with E-state index in [0.29, 0.717) is 47.2 Å². The number of nitrogens with zero attached hydrogens (tertiary/aromatic N) is 2. The summed E-state index contributed by atoms with van der Waals surface area (Å²) < 4.78 is 28.7. The van der Waals surface area contributed by atoms with Crippen molar-refractivity contribution in [1.82, 2.24) is 9.97 Å². The first-order valence-electron chi connectivity index (χ1n) is 7.96. The van der Waals surface area contributed by atoms with Crippen LogP contribution in [0.4, 0.5) is 10.4 Å². The molecule has 3 rings (SSSR count). The summed E-state index contributed by atoms with van der Waals surface area (Å²) in [6, 6.07) is 9.30. The van der Waals surface area contributed by atoms with E-state index in [4.69, 9.17) is 19.6 Å². The van der Waals surface area contributed by atoms with Crippen molar-refractivity contribution in [1.29, 1.82) is 0 Å². The molecule has 0 atom stereocenters. The maximum atomic E-state index is 12.5. The lowest BCUT2D eigenvalue weighted by atomic mass is 10.3. The van der Waals surface area contributed by atoms with Gasteiger partial charge in [-0.1, -0.05) is 6.07 Å². The van der Waals surface area contributed by atoms with Crippen LogP contribution in [0.15, 0.2) is 52.8 Å². The maximum Gasteiger partial charge on any atom is 0.295 e. The molecule has 0 bridgehead atoms. The molecule has 0 saturated carbocycles. The fourth-order valence-corrected chi connectivity index (χ4v) is 2.20. The van der Waals surface area contributed by atoms with E-state index in [1.54, 1.807) is 37.6 Å². The highest BCUT2D eigenvalue weighted by Gasteiger charge is 2.08. The summed E-state index contributed by atoms with van der Waals surface area (Å²) in [4.78, 5) is 8.50. The standard InChI is InChI=1S/C18H19FN4O3/c1-24-17-5-2-12(9-21-17)10-22-18-23-15-4-3-14(6-16(15)26-18)25-11-13(7-19)8-20/h2-7,9H,8,10-11,20H2,1H3,(H,22,23)/b13-7-. The van der Waals surface area contributed by atoms with E-state index in [9.17, 15) is 4.39 Å². The fourth-order valence-electron chi connectivity index (χ4n) is 2.20. The van der Waals surface area contributed by atoms with Crippen molar-refractivity contribution in [3.8, 4) is 11.6 Å². The number of aromatic nitrogens is 2. The number of benzene rings is 1. The van der Waals surface area contributed by atoms with Crippen LogP contribution >= 0.6 is 0 Å². The summed E-state index contributed by atoms with van der Waals surface area (Å²) >= 11 is 0. The molecule has 0 aliphatic rings. The zero-order valence-electron chi connectivity index (χ0n) is 14.2. The summed E-state index contributed by atoms with van der Waals surface area (Å²) in [7, 11) is 1.57. The van der Waals surface area contributed by atoms with E-state index in [0.717, 1.165) is 5.56 Å². The predicted octanol–water partition coefficient (Wildman–Crippen LogP) is 3.03. The van der Waals surface area contributed by atoms with Gasteiger partial charge in [-0.2, -0.15) is 4.98 Å². The van der Waals surface area contributed by atoms with Gasteiger partial charge in [0.25, 0.3) is 6.01 Å². The summed E-state index contributed by atoms with van der Waals surface area (Å²) in [5.74, 6) is 1.11. The first-order chi connectivity index (χ1) is 12.7. The molecule has 2 heterocycles. The molecule has 0 radical (unpaired) electrons. The number of fused-ring (bicyclic) bond motifs is 1. The van der Waals surface area contributed by atoms with Crippen molar-refractivity contribution in [3.05, 3.63) is 54.0 Å². The number of methoxy groups -OCH3 is 1. The molecule has 8 heteroatoms. The minimum absolute atomic E-state index is 0.0855. The van der Waals surface area contributed by atoms with Crippen molar-refractivity contribution in [2.24, 2.45) is 5.73 Å². The van der Waals surface area contributed by atoms with Crippen molar-refractivity contribution in [3.63, 3.8) is 0 Å². The Hall–Kier alpha value is -3.13. The fraction of sp³-hybridized carbons (Fsp3) is 0.222. The molecule has 3 aromatic rings. The van der Waals surface area contributed by atoms with Crippen LogP contribution in [-0.2, 0) is 6.54 Å². The number of pyridine rings is 1. The lowest BCUT2D eigenvalue weighted by molar-refractivity contribution is 0.347. The van der Waals surface area contributed by atoms with E-state index < -0.39 is 0 Å². The van der Waals surface area contributed by atoms with Crippen molar-refractivity contribution < 1.29 is 18.3 Å². The van der Waals surface area contributed by atoms with Gasteiger partial charge in [-0.05, 0) is 17.7 Å². The number of ether oxygens (including phenoxy) is 2.